The topological polar surface area (TPSA) is 69.4 Å². The Labute approximate surface area is 182 Å². The van der Waals surface area contributed by atoms with Crippen molar-refractivity contribution in [1.29, 1.82) is 0 Å². The van der Waals surface area contributed by atoms with Gasteiger partial charge in [0.15, 0.2) is 0 Å². The maximum absolute atomic E-state index is 4.56. The van der Waals surface area contributed by atoms with Crippen molar-refractivity contribution in [1.82, 2.24) is 25.3 Å². The number of hydrogen-bond acceptors (Lipinski definition) is 3. The highest BCUT2D eigenvalue weighted by molar-refractivity contribution is 5.62. The van der Waals surface area contributed by atoms with E-state index >= 15 is 0 Å². The van der Waals surface area contributed by atoms with Gasteiger partial charge in [0.2, 0.25) is 0 Å². The molecule has 5 heteroatoms. The van der Waals surface area contributed by atoms with Crippen molar-refractivity contribution < 1.29 is 0 Å². The van der Waals surface area contributed by atoms with E-state index < -0.39 is 0 Å². The molecule has 3 heterocycles. The molecule has 2 aromatic heterocycles. The highest BCUT2D eigenvalue weighted by Crippen LogP contribution is 2.24. The highest BCUT2D eigenvalue weighted by Gasteiger charge is 2.19. The minimum atomic E-state index is 0.354. The van der Waals surface area contributed by atoms with Gasteiger partial charge in [0, 0.05) is 17.5 Å². The van der Waals surface area contributed by atoms with Crippen molar-refractivity contribution in [2.24, 2.45) is 0 Å². The van der Waals surface area contributed by atoms with Crippen molar-refractivity contribution in [2.75, 3.05) is 6.54 Å². The first-order chi connectivity index (χ1) is 15.3. The van der Waals surface area contributed by atoms with Crippen LogP contribution in [0.5, 0.6) is 0 Å². The van der Waals surface area contributed by atoms with E-state index in [1.807, 2.05) is 24.5 Å². The van der Waals surface area contributed by atoms with E-state index in [2.05, 4.69) is 80.4 Å². The molecule has 1 aliphatic heterocycles. The zero-order valence-electron chi connectivity index (χ0n) is 17.6. The summed E-state index contributed by atoms with van der Waals surface area (Å²) in [5.74, 6) is 8.54. The Morgan fingerprint density at radius 3 is 2.00 bits per heavy atom. The Bertz CT molecular complexity index is 1210. The van der Waals surface area contributed by atoms with Crippen LogP contribution in [0, 0.1) is 11.8 Å². The highest BCUT2D eigenvalue weighted by atomic mass is 15.0. The fourth-order valence-corrected chi connectivity index (χ4v) is 3.88. The van der Waals surface area contributed by atoms with E-state index in [-0.39, 0.29) is 0 Å². The third-order valence-corrected chi connectivity index (χ3v) is 5.69. The van der Waals surface area contributed by atoms with Crippen molar-refractivity contribution in [3.05, 3.63) is 83.7 Å². The normalized spacial score (nSPS) is 15.6. The lowest BCUT2D eigenvalue weighted by Gasteiger charge is -2.05. The van der Waals surface area contributed by atoms with Gasteiger partial charge in [0.25, 0.3) is 0 Å². The lowest BCUT2D eigenvalue weighted by atomic mass is 10.1. The maximum Gasteiger partial charge on any atom is 0.123 e. The van der Waals surface area contributed by atoms with Crippen LogP contribution >= 0.6 is 0 Å². The molecular formula is C26H25N5. The van der Waals surface area contributed by atoms with Gasteiger partial charge >= 0.3 is 0 Å². The number of nitrogens with one attached hydrogen (secondary N) is 3. The Balaban J connectivity index is 1.27. The molecule has 154 valence electrons. The van der Waals surface area contributed by atoms with Gasteiger partial charge in [-0.15, -0.1) is 0 Å². The van der Waals surface area contributed by atoms with Crippen molar-refractivity contribution in [3.63, 3.8) is 0 Å². The van der Waals surface area contributed by atoms with Crippen molar-refractivity contribution in [2.45, 2.75) is 32.2 Å². The molecule has 1 unspecified atom stereocenters. The lowest BCUT2D eigenvalue weighted by Crippen LogP contribution is -2.14. The quantitative estimate of drug-likeness (QED) is 0.424. The average molecular weight is 408 g/mol. The minimum absolute atomic E-state index is 0.354. The second kappa shape index (κ2) is 8.63. The molecule has 4 aromatic rings. The smallest absolute Gasteiger partial charge is 0.123 e. The minimum Gasteiger partial charge on any atom is -0.342 e. The summed E-state index contributed by atoms with van der Waals surface area (Å²) in [6.45, 7) is 3.16. The molecule has 1 saturated heterocycles. The third-order valence-electron chi connectivity index (χ3n) is 5.69. The first kappa shape index (κ1) is 19.3. The molecule has 0 amide bonds. The largest absolute Gasteiger partial charge is 0.342 e. The van der Waals surface area contributed by atoms with E-state index in [0.29, 0.717) is 6.04 Å². The fraction of sp³-hybridized carbons (Fsp3) is 0.231. The average Bonchev–Trinajstić information content (AvgIpc) is 3.59. The zero-order valence-corrected chi connectivity index (χ0v) is 17.6. The molecule has 0 radical (unpaired) electrons. The predicted octanol–water partition coefficient (Wildman–Crippen LogP) is 4.85. The summed E-state index contributed by atoms with van der Waals surface area (Å²) < 4.78 is 0. The number of hydrogen-bond donors (Lipinski definition) is 3. The molecule has 3 N–H and O–H groups in total. The summed E-state index contributed by atoms with van der Waals surface area (Å²) in [5, 5.41) is 3.48. The van der Waals surface area contributed by atoms with Gasteiger partial charge in [-0.25, -0.2) is 9.97 Å². The first-order valence-corrected chi connectivity index (χ1v) is 10.8. The summed E-state index contributed by atoms with van der Waals surface area (Å²) in [6, 6.07) is 16.9. The predicted molar refractivity (Wildman–Crippen MR) is 123 cm³/mol. The lowest BCUT2D eigenvalue weighted by molar-refractivity contribution is 0.613. The third kappa shape index (κ3) is 4.30. The molecule has 0 spiro atoms. The molecule has 1 atom stereocenters. The second-order valence-electron chi connectivity index (χ2n) is 7.83. The van der Waals surface area contributed by atoms with E-state index in [9.17, 15) is 0 Å². The number of aromatic amines is 2. The molecule has 0 bridgehead atoms. The van der Waals surface area contributed by atoms with Crippen LogP contribution in [0.1, 0.15) is 48.6 Å². The van der Waals surface area contributed by atoms with Crippen LogP contribution in [0.25, 0.3) is 22.5 Å². The van der Waals surface area contributed by atoms with Gasteiger partial charge in [0.05, 0.1) is 29.8 Å². The number of rotatable bonds is 4. The molecule has 0 aliphatic carbocycles. The van der Waals surface area contributed by atoms with Crippen molar-refractivity contribution >= 4 is 0 Å². The van der Waals surface area contributed by atoms with Gasteiger partial charge in [-0.1, -0.05) is 43.0 Å². The SMILES string of the molecule is CCc1ncc(-c2ccc(C#Cc3ccc(-c4cnc(C5CCCN5)[nH]4)cc3)cc2)[nH]1. The number of H-pyrrole nitrogens is 2. The molecule has 5 rings (SSSR count). The van der Waals surface area contributed by atoms with E-state index in [1.54, 1.807) is 0 Å². The van der Waals surface area contributed by atoms with Crippen LogP contribution < -0.4 is 5.32 Å². The number of nitrogens with zero attached hydrogens (tertiary/aromatic N) is 2. The second-order valence-corrected chi connectivity index (χ2v) is 7.83. The summed E-state index contributed by atoms with van der Waals surface area (Å²) in [6.07, 6.45) is 7.06. The van der Waals surface area contributed by atoms with Gasteiger partial charge in [-0.2, -0.15) is 0 Å². The molecule has 31 heavy (non-hydrogen) atoms. The van der Waals surface area contributed by atoms with Gasteiger partial charge in [-0.05, 0) is 54.8 Å². The number of imidazole rings is 2. The molecule has 1 aliphatic rings. The van der Waals surface area contributed by atoms with Crippen LogP contribution in [0.3, 0.4) is 0 Å². The summed E-state index contributed by atoms with van der Waals surface area (Å²) in [7, 11) is 0. The summed E-state index contributed by atoms with van der Waals surface area (Å²) in [4.78, 5) is 15.7. The monoisotopic (exact) mass is 407 g/mol. The van der Waals surface area contributed by atoms with Crippen LogP contribution in [-0.4, -0.2) is 26.5 Å². The van der Waals surface area contributed by atoms with Crippen LogP contribution in [-0.2, 0) is 6.42 Å². The number of benzene rings is 2. The standard InChI is InChI=1S/C26H25N5/c1-2-25-28-16-23(30-25)20-11-7-18(8-12-20)5-6-19-9-13-21(14-10-19)24-17-29-26(31-24)22-4-3-15-27-22/h7-14,16-17,22,27H,2-4,15H2,1H3,(H,28,30)(H,29,31). The Kier molecular flexibility index (Phi) is 5.39. The molecule has 5 nitrogen and oxygen atoms in total. The van der Waals surface area contributed by atoms with Gasteiger partial charge < -0.3 is 15.3 Å². The van der Waals surface area contributed by atoms with Crippen LogP contribution in [0.4, 0.5) is 0 Å². The number of aromatic nitrogens is 4. The van der Waals surface area contributed by atoms with Gasteiger partial charge in [0.1, 0.15) is 11.6 Å². The zero-order chi connectivity index (χ0) is 21.0. The van der Waals surface area contributed by atoms with Crippen molar-refractivity contribution in [3.8, 4) is 34.4 Å². The molecular weight excluding hydrogens is 382 g/mol. The maximum atomic E-state index is 4.56. The van der Waals surface area contributed by atoms with Crippen LogP contribution in [0.2, 0.25) is 0 Å². The first-order valence-electron chi connectivity index (χ1n) is 10.8. The summed E-state index contributed by atoms with van der Waals surface area (Å²) >= 11 is 0. The summed E-state index contributed by atoms with van der Waals surface area (Å²) in [5.41, 5.74) is 6.31. The van der Waals surface area contributed by atoms with Crippen LogP contribution in [0.15, 0.2) is 60.9 Å². The molecule has 0 saturated carbocycles. The Hall–Kier alpha value is -3.62. The Morgan fingerprint density at radius 2 is 1.45 bits per heavy atom. The van der Waals surface area contributed by atoms with Gasteiger partial charge in [-0.3, -0.25) is 0 Å². The fourth-order valence-electron chi connectivity index (χ4n) is 3.88. The van der Waals surface area contributed by atoms with E-state index in [1.165, 1.54) is 6.42 Å². The van der Waals surface area contributed by atoms with E-state index in [0.717, 1.165) is 64.7 Å². The molecule has 2 aromatic carbocycles. The number of aryl methyl sites for hydroxylation is 1. The van der Waals surface area contributed by atoms with E-state index in [4.69, 9.17) is 0 Å². The Morgan fingerprint density at radius 1 is 0.839 bits per heavy atom. The molecule has 1 fully saturated rings.